The van der Waals surface area contributed by atoms with Crippen molar-refractivity contribution in [1.29, 1.82) is 0 Å². The van der Waals surface area contributed by atoms with Gasteiger partial charge in [0.1, 0.15) is 13.2 Å². The quantitative estimate of drug-likeness (QED) is 0.566. The summed E-state index contributed by atoms with van der Waals surface area (Å²) in [6, 6.07) is 4.71. The monoisotopic (exact) mass is 449 g/mol. The van der Waals surface area contributed by atoms with Crippen LogP contribution in [0.5, 0.6) is 11.5 Å². The van der Waals surface area contributed by atoms with Gasteiger partial charge in [-0.15, -0.1) is 0 Å². The van der Waals surface area contributed by atoms with Gasteiger partial charge in [0.25, 0.3) is 0 Å². The van der Waals surface area contributed by atoms with Crippen molar-refractivity contribution in [2.45, 2.75) is 42.9 Å². The predicted octanol–water partition coefficient (Wildman–Crippen LogP) is 2.38. The van der Waals surface area contributed by atoms with Crippen LogP contribution in [0, 0.1) is 5.92 Å². The third-order valence-corrected chi connectivity index (χ3v) is 7.96. The largest absolute Gasteiger partial charge is 0.486 e. The van der Waals surface area contributed by atoms with Crippen molar-refractivity contribution in [1.82, 2.24) is 14.4 Å². The first-order valence-corrected chi connectivity index (χ1v) is 12.3. The zero-order valence-electron chi connectivity index (χ0n) is 17.4. The fraction of sp³-hybridized carbons (Fsp3) is 0.619. The number of benzene rings is 1. The fourth-order valence-electron chi connectivity index (χ4n) is 4.25. The summed E-state index contributed by atoms with van der Waals surface area (Å²) in [4.78, 5) is 4.63. The molecule has 0 atom stereocenters. The molecular weight excluding hydrogens is 422 g/mol. The summed E-state index contributed by atoms with van der Waals surface area (Å²) in [5.41, 5.74) is 0. The highest BCUT2D eigenvalue weighted by molar-refractivity contribution is 7.89. The van der Waals surface area contributed by atoms with E-state index in [9.17, 15) is 8.42 Å². The van der Waals surface area contributed by atoms with Gasteiger partial charge in [-0.05, 0) is 30.9 Å². The SMILES string of the molecule is O=S(=O)(c1ccc2c(c1)OCCO2)N1CC(c2nc(CCOCC3CCCC3)no2)C1. The minimum Gasteiger partial charge on any atom is -0.486 e. The molecule has 9 nitrogen and oxygen atoms in total. The maximum atomic E-state index is 12.9. The molecule has 1 aliphatic carbocycles. The molecule has 1 aromatic heterocycles. The van der Waals surface area contributed by atoms with Crippen molar-refractivity contribution < 1.29 is 27.2 Å². The van der Waals surface area contributed by atoms with E-state index in [1.165, 1.54) is 36.1 Å². The molecule has 0 bridgehead atoms. The number of sulfonamides is 1. The summed E-state index contributed by atoms with van der Waals surface area (Å²) in [5.74, 6) is 2.72. The predicted molar refractivity (Wildman–Crippen MR) is 110 cm³/mol. The Kier molecular flexibility index (Phi) is 5.85. The van der Waals surface area contributed by atoms with E-state index in [4.69, 9.17) is 18.7 Å². The molecule has 1 saturated carbocycles. The Hall–Kier alpha value is -2.17. The van der Waals surface area contributed by atoms with Gasteiger partial charge < -0.3 is 18.7 Å². The van der Waals surface area contributed by atoms with Crippen LogP contribution in [0.4, 0.5) is 0 Å². The smallest absolute Gasteiger partial charge is 0.243 e. The molecule has 168 valence electrons. The van der Waals surface area contributed by atoms with E-state index in [1.807, 2.05) is 0 Å². The molecule has 5 rings (SSSR count). The average Bonchev–Trinajstić information content (AvgIpc) is 3.42. The van der Waals surface area contributed by atoms with Gasteiger partial charge in [-0.1, -0.05) is 18.0 Å². The summed E-state index contributed by atoms with van der Waals surface area (Å²) in [5, 5.41) is 4.02. The molecule has 0 radical (unpaired) electrons. The minimum absolute atomic E-state index is 0.0901. The van der Waals surface area contributed by atoms with Crippen molar-refractivity contribution in [3.8, 4) is 11.5 Å². The second-order valence-electron chi connectivity index (χ2n) is 8.35. The second kappa shape index (κ2) is 8.76. The summed E-state index contributed by atoms with van der Waals surface area (Å²) in [6.07, 6.45) is 5.75. The lowest BCUT2D eigenvalue weighted by Crippen LogP contribution is -2.48. The van der Waals surface area contributed by atoms with E-state index in [0.717, 1.165) is 6.61 Å². The summed E-state index contributed by atoms with van der Waals surface area (Å²) in [7, 11) is -3.61. The zero-order valence-corrected chi connectivity index (χ0v) is 18.2. The number of nitrogens with zero attached hydrogens (tertiary/aromatic N) is 3. The van der Waals surface area contributed by atoms with Gasteiger partial charge in [0.15, 0.2) is 17.3 Å². The Balaban J connectivity index is 1.13. The Bertz CT molecular complexity index is 1010. The molecule has 1 saturated heterocycles. The van der Waals surface area contributed by atoms with Crippen LogP contribution in [0.25, 0.3) is 0 Å². The molecule has 2 aliphatic heterocycles. The van der Waals surface area contributed by atoms with Crippen molar-refractivity contribution in [2.75, 3.05) is 39.5 Å². The maximum absolute atomic E-state index is 12.9. The van der Waals surface area contributed by atoms with E-state index in [-0.39, 0.29) is 10.8 Å². The highest BCUT2D eigenvalue weighted by atomic mass is 32.2. The lowest BCUT2D eigenvalue weighted by atomic mass is 10.0. The van der Waals surface area contributed by atoms with Crippen molar-refractivity contribution in [2.24, 2.45) is 5.92 Å². The molecule has 0 spiro atoms. The van der Waals surface area contributed by atoms with Gasteiger partial charge in [0, 0.05) is 32.2 Å². The first-order valence-electron chi connectivity index (χ1n) is 10.9. The van der Waals surface area contributed by atoms with Crippen molar-refractivity contribution in [3.63, 3.8) is 0 Å². The van der Waals surface area contributed by atoms with Crippen LogP contribution in [0.1, 0.15) is 43.3 Å². The maximum Gasteiger partial charge on any atom is 0.243 e. The Morgan fingerprint density at radius 2 is 1.87 bits per heavy atom. The molecule has 0 N–H and O–H groups in total. The summed E-state index contributed by atoms with van der Waals surface area (Å²) >= 11 is 0. The Labute approximate surface area is 181 Å². The van der Waals surface area contributed by atoms with Crippen LogP contribution in [0.15, 0.2) is 27.6 Å². The van der Waals surface area contributed by atoms with E-state index in [0.29, 0.717) is 68.5 Å². The van der Waals surface area contributed by atoms with Gasteiger partial charge in [0.05, 0.1) is 17.4 Å². The topological polar surface area (TPSA) is 104 Å². The van der Waals surface area contributed by atoms with Crippen LogP contribution >= 0.6 is 0 Å². The zero-order chi connectivity index (χ0) is 21.3. The number of fused-ring (bicyclic) bond motifs is 1. The van der Waals surface area contributed by atoms with Crippen LogP contribution in [-0.4, -0.2) is 62.4 Å². The summed E-state index contributed by atoms with van der Waals surface area (Å²) < 4.78 is 49.3. The molecule has 3 aliphatic rings. The third-order valence-electron chi connectivity index (χ3n) is 6.13. The van der Waals surface area contributed by atoms with Gasteiger partial charge in [0.2, 0.25) is 15.9 Å². The third kappa shape index (κ3) is 4.42. The van der Waals surface area contributed by atoms with Crippen LogP contribution in [0.3, 0.4) is 0 Å². The second-order valence-corrected chi connectivity index (χ2v) is 10.3. The number of hydrogen-bond acceptors (Lipinski definition) is 8. The van der Waals surface area contributed by atoms with E-state index in [1.54, 1.807) is 12.1 Å². The van der Waals surface area contributed by atoms with Gasteiger partial charge in [-0.2, -0.15) is 9.29 Å². The Morgan fingerprint density at radius 1 is 1.10 bits per heavy atom. The number of hydrogen-bond donors (Lipinski definition) is 0. The highest BCUT2D eigenvalue weighted by Gasteiger charge is 2.40. The molecule has 2 aromatic rings. The first-order chi connectivity index (χ1) is 15.1. The highest BCUT2D eigenvalue weighted by Crippen LogP contribution is 2.36. The molecule has 10 heteroatoms. The fourth-order valence-corrected chi connectivity index (χ4v) is 5.80. The molecule has 3 heterocycles. The van der Waals surface area contributed by atoms with Crippen molar-refractivity contribution >= 4 is 10.0 Å². The van der Waals surface area contributed by atoms with E-state index < -0.39 is 10.0 Å². The van der Waals surface area contributed by atoms with Crippen LogP contribution < -0.4 is 9.47 Å². The number of aromatic nitrogens is 2. The minimum atomic E-state index is -3.61. The lowest BCUT2D eigenvalue weighted by molar-refractivity contribution is 0.102. The first kappa shape index (κ1) is 20.7. The standard InChI is InChI=1S/C21H27N3O6S/c25-31(26,17-5-6-18-19(11-17)29-10-9-28-18)24-12-16(13-24)21-22-20(23-30-21)7-8-27-14-15-3-1-2-4-15/h5-6,11,15-16H,1-4,7-10,12-14H2. The molecule has 1 aromatic carbocycles. The summed E-state index contributed by atoms with van der Waals surface area (Å²) in [6.45, 7) is 2.89. The van der Waals surface area contributed by atoms with Gasteiger partial charge in [-0.25, -0.2) is 8.42 Å². The molecule has 0 unspecified atom stereocenters. The number of ether oxygens (including phenoxy) is 3. The number of rotatable bonds is 8. The van der Waals surface area contributed by atoms with Gasteiger partial charge >= 0.3 is 0 Å². The van der Waals surface area contributed by atoms with Crippen molar-refractivity contribution in [3.05, 3.63) is 29.9 Å². The Morgan fingerprint density at radius 3 is 2.68 bits per heavy atom. The molecular formula is C21H27N3O6S. The van der Waals surface area contributed by atoms with Crippen LogP contribution in [-0.2, 0) is 21.2 Å². The van der Waals surface area contributed by atoms with E-state index >= 15 is 0 Å². The van der Waals surface area contributed by atoms with Crippen LogP contribution in [0.2, 0.25) is 0 Å². The molecule has 2 fully saturated rings. The molecule has 0 amide bonds. The average molecular weight is 450 g/mol. The van der Waals surface area contributed by atoms with E-state index in [2.05, 4.69) is 10.1 Å². The molecule has 31 heavy (non-hydrogen) atoms. The van der Waals surface area contributed by atoms with Gasteiger partial charge in [-0.3, -0.25) is 0 Å². The normalized spacial score (nSPS) is 20.1. The lowest BCUT2D eigenvalue weighted by Gasteiger charge is -2.35.